The number of likely N-dealkylation sites (tertiary alicyclic amines) is 1. The van der Waals surface area contributed by atoms with E-state index in [4.69, 9.17) is 0 Å². The van der Waals surface area contributed by atoms with E-state index >= 15 is 0 Å². The Labute approximate surface area is 136 Å². The zero-order valence-corrected chi connectivity index (χ0v) is 14.1. The summed E-state index contributed by atoms with van der Waals surface area (Å²) in [6.07, 6.45) is 2.72. The van der Waals surface area contributed by atoms with Gasteiger partial charge in [0.1, 0.15) is 0 Å². The second-order valence-electron chi connectivity index (χ2n) is 6.17. The number of hydrogen-bond acceptors (Lipinski definition) is 3. The van der Waals surface area contributed by atoms with Crippen molar-refractivity contribution in [3.63, 3.8) is 0 Å². The molecule has 1 aromatic rings. The smallest absolute Gasteiger partial charge is 0.322 e. The van der Waals surface area contributed by atoms with Crippen molar-refractivity contribution in [1.29, 1.82) is 0 Å². The van der Waals surface area contributed by atoms with Crippen LogP contribution in [0.15, 0.2) is 17.5 Å². The molecule has 5 nitrogen and oxygen atoms in total. The Balaban J connectivity index is 1.80. The van der Waals surface area contributed by atoms with Crippen LogP contribution in [0, 0.1) is 11.8 Å². The highest BCUT2D eigenvalue weighted by molar-refractivity contribution is 7.14. The molecule has 0 saturated carbocycles. The van der Waals surface area contributed by atoms with Crippen molar-refractivity contribution in [2.45, 2.75) is 33.1 Å². The van der Waals surface area contributed by atoms with E-state index in [0.717, 1.165) is 24.3 Å². The van der Waals surface area contributed by atoms with Gasteiger partial charge in [-0.1, -0.05) is 13.8 Å². The molecular weight excluding hydrogens is 298 g/mol. The summed E-state index contributed by atoms with van der Waals surface area (Å²) >= 11 is 1.50. The van der Waals surface area contributed by atoms with Gasteiger partial charge in [-0.15, -0.1) is 11.3 Å². The minimum atomic E-state index is -0.109. The van der Waals surface area contributed by atoms with Gasteiger partial charge in [0.05, 0.1) is 10.9 Å². The number of rotatable bonds is 5. The summed E-state index contributed by atoms with van der Waals surface area (Å²) in [6.45, 7) is 6.22. The molecule has 0 radical (unpaired) electrons. The third-order valence-corrected chi connectivity index (χ3v) is 4.64. The first-order chi connectivity index (χ1) is 10.6. The van der Waals surface area contributed by atoms with Crippen molar-refractivity contribution in [3.8, 4) is 0 Å². The number of nitrogens with zero attached hydrogens (tertiary/aromatic N) is 1. The van der Waals surface area contributed by atoms with Crippen LogP contribution in [0.25, 0.3) is 0 Å². The Kier molecular flexibility index (Phi) is 6.24. The lowest BCUT2D eigenvalue weighted by molar-refractivity contribution is -0.126. The number of carbonyl (C=O) groups excluding carboxylic acids is 2. The quantitative estimate of drug-likeness (QED) is 0.874. The number of amides is 3. The van der Waals surface area contributed by atoms with E-state index < -0.39 is 0 Å². The van der Waals surface area contributed by atoms with Gasteiger partial charge in [-0.05, 0) is 42.7 Å². The summed E-state index contributed by atoms with van der Waals surface area (Å²) in [7, 11) is 0. The maximum absolute atomic E-state index is 12.2. The van der Waals surface area contributed by atoms with E-state index in [1.807, 2.05) is 17.5 Å². The van der Waals surface area contributed by atoms with Crippen LogP contribution in [0.3, 0.4) is 0 Å². The first-order valence-electron chi connectivity index (χ1n) is 7.93. The Morgan fingerprint density at radius 1 is 1.45 bits per heavy atom. The lowest BCUT2D eigenvalue weighted by Gasteiger charge is -2.32. The van der Waals surface area contributed by atoms with Crippen molar-refractivity contribution in [2.75, 3.05) is 25.0 Å². The third kappa shape index (κ3) is 5.02. The highest BCUT2D eigenvalue weighted by Crippen LogP contribution is 2.20. The van der Waals surface area contributed by atoms with Crippen molar-refractivity contribution in [1.82, 2.24) is 10.2 Å². The third-order valence-electron chi connectivity index (χ3n) is 3.85. The average molecular weight is 323 g/mol. The Morgan fingerprint density at radius 3 is 2.95 bits per heavy atom. The van der Waals surface area contributed by atoms with Gasteiger partial charge in [0.25, 0.3) is 0 Å². The fourth-order valence-corrected chi connectivity index (χ4v) is 3.15. The fraction of sp³-hybridized carbons (Fsp3) is 0.625. The lowest BCUT2D eigenvalue weighted by atomic mass is 9.97. The molecule has 1 aliphatic rings. The van der Waals surface area contributed by atoms with Crippen LogP contribution in [0.4, 0.5) is 9.80 Å². The Hall–Kier alpha value is -1.56. The lowest BCUT2D eigenvalue weighted by Crippen LogP contribution is -2.47. The number of carbonyl (C=O) groups is 2. The number of hydrogen-bond donors (Lipinski definition) is 2. The molecule has 2 N–H and O–H groups in total. The highest BCUT2D eigenvalue weighted by atomic mass is 32.1. The molecule has 0 aromatic carbocycles. The van der Waals surface area contributed by atoms with E-state index in [2.05, 4.69) is 24.5 Å². The van der Waals surface area contributed by atoms with Crippen molar-refractivity contribution < 1.29 is 9.59 Å². The minimum Gasteiger partial charge on any atom is -0.356 e. The molecule has 2 rings (SSSR count). The number of anilines is 1. The predicted molar refractivity (Wildman–Crippen MR) is 90.1 cm³/mol. The molecule has 1 fully saturated rings. The summed E-state index contributed by atoms with van der Waals surface area (Å²) in [5, 5.41) is 8.65. The number of nitrogens with one attached hydrogen (secondary N) is 2. The monoisotopic (exact) mass is 323 g/mol. The molecule has 1 atom stereocenters. The van der Waals surface area contributed by atoms with Gasteiger partial charge in [-0.3, -0.25) is 10.1 Å². The second kappa shape index (κ2) is 8.17. The van der Waals surface area contributed by atoms with Gasteiger partial charge < -0.3 is 10.2 Å². The standard InChI is InChI=1S/C16H25N3O2S/c1-12(2)7-8-17-15(20)13-5-3-9-19(11-13)16(21)18-14-6-4-10-22-14/h4,6,10,12-13H,3,5,7-9,11H2,1-2H3,(H,17,20)(H,18,21). The molecule has 1 aromatic heterocycles. The molecule has 22 heavy (non-hydrogen) atoms. The molecule has 2 heterocycles. The highest BCUT2D eigenvalue weighted by Gasteiger charge is 2.28. The zero-order valence-electron chi connectivity index (χ0n) is 13.3. The SMILES string of the molecule is CC(C)CCNC(=O)C1CCCN(C(=O)Nc2cccs2)C1. The van der Waals surface area contributed by atoms with Gasteiger partial charge >= 0.3 is 6.03 Å². The maximum Gasteiger partial charge on any atom is 0.322 e. The molecule has 122 valence electrons. The summed E-state index contributed by atoms with van der Waals surface area (Å²) < 4.78 is 0. The molecular formula is C16H25N3O2S. The molecule has 0 bridgehead atoms. The van der Waals surface area contributed by atoms with E-state index in [1.54, 1.807) is 4.90 Å². The number of thiophene rings is 1. The van der Waals surface area contributed by atoms with Gasteiger partial charge in [0, 0.05) is 19.6 Å². The van der Waals surface area contributed by atoms with Crippen LogP contribution in [-0.2, 0) is 4.79 Å². The maximum atomic E-state index is 12.2. The summed E-state index contributed by atoms with van der Waals surface area (Å²) in [4.78, 5) is 26.2. The van der Waals surface area contributed by atoms with Crippen molar-refractivity contribution >= 4 is 28.3 Å². The van der Waals surface area contributed by atoms with E-state index in [0.29, 0.717) is 25.6 Å². The summed E-state index contributed by atoms with van der Waals surface area (Å²) in [6, 6.07) is 3.67. The first-order valence-corrected chi connectivity index (χ1v) is 8.81. The topological polar surface area (TPSA) is 61.4 Å². The fourth-order valence-electron chi connectivity index (χ4n) is 2.54. The van der Waals surface area contributed by atoms with Crippen LogP contribution < -0.4 is 10.6 Å². The van der Waals surface area contributed by atoms with Crippen LogP contribution in [-0.4, -0.2) is 36.5 Å². The van der Waals surface area contributed by atoms with Crippen molar-refractivity contribution in [2.24, 2.45) is 11.8 Å². The molecule has 0 spiro atoms. The normalized spacial score (nSPS) is 18.3. The van der Waals surface area contributed by atoms with E-state index in [-0.39, 0.29) is 17.9 Å². The largest absolute Gasteiger partial charge is 0.356 e. The summed E-state index contributed by atoms with van der Waals surface area (Å²) in [5.74, 6) is 0.573. The minimum absolute atomic E-state index is 0.0780. The van der Waals surface area contributed by atoms with Crippen LogP contribution >= 0.6 is 11.3 Å². The van der Waals surface area contributed by atoms with Gasteiger partial charge in [0.15, 0.2) is 0 Å². The second-order valence-corrected chi connectivity index (χ2v) is 7.11. The molecule has 0 aliphatic carbocycles. The van der Waals surface area contributed by atoms with Crippen molar-refractivity contribution in [3.05, 3.63) is 17.5 Å². The number of urea groups is 1. The van der Waals surface area contributed by atoms with Gasteiger partial charge in [0.2, 0.25) is 5.91 Å². The number of piperidine rings is 1. The van der Waals surface area contributed by atoms with Crippen LogP contribution in [0.5, 0.6) is 0 Å². The molecule has 1 saturated heterocycles. The molecule has 1 aliphatic heterocycles. The molecule has 6 heteroatoms. The van der Waals surface area contributed by atoms with Crippen LogP contribution in [0.2, 0.25) is 0 Å². The Morgan fingerprint density at radius 2 is 2.27 bits per heavy atom. The van der Waals surface area contributed by atoms with Gasteiger partial charge in [-0.25, -0.2) is 4.79 Å². The molecule has 3 amide bonds. The van der Waals surface area contributed by atoms with E-state index in [1.165, 1.54) is 11.3 Å². The summed E-state index contributed by atoms with van der Waals surface area (Å²) in [5.41, 5.74) is 0. The first kappa shape index (κ1) is 16.8. The molecule has 1 unspecified atom stereocenters. The van der Waals surface area contributed by atoms with Crippen LogP contribution in [0.1, 0.15) is 33.1 Å². The predicted octanol–water partition coefficient (Wildman–Crippen LogP) is 3.15. The average Bonchev–Trinajstić information content (AvgIpc) is 3.00. The van der Waals surface area contributed by atoms with Gasteiger partial charge in [-0.2, -0.15) is 0 Å². The zero-order chi connectivity index (χ0) is 15.9. The van der Waals surface area contributed by atoms with E-state index in [9.17, 15) is 9.59 Å². The Bertz CT molecular complexity index is 488.